The second-order valence-electron chi connectivity index (χ2n) is 3.42. The van der Waals surface area contributed by atoms with Gasteiger partial charge in [0.05, 0.1) is 24.8 Å². The number of nitrogens with two attached hydrogens (primary N) is 1. The minimum Gasteiger partial charge on any atom is -0.493 e. The Morgan fingerprint density at radius 2 is 2.24 bits per heavy atom. The Morgan fingerprint density at radius 1 is 1.47 bits per heavy atom. The molecule has 0 fully saturated rings. The lowest BCUT2D eigenvalue weighted by molar-refractivity contribution is 0.291. The summed E-state index contributed by atoms with van der Waals surface area (Å²) in [5, 5.41) is 8.89. The van der Waals surface area contributed by atoms with Crippen LogP contribution in [0.4, 0.5) is 0 Å². The van der Waals surface area contributed by atoms with Crippen LogP contribution in [0.2, 0.25) is 5.02 Å². The summed E-state index contributed by atoms with van der Waals surface area (Å²) in [7, 11) is 1.55. The first-order valence-corrected chi connectivity index (χ1v) is 5.67. The zero-order valence-corrected chi connectivity index (χ0v) is 10.5. The lowest BCUT2D eigenvalue weighted by Gasteiger charge is -2.13. The average Bonchev–Trinajstić information content (AvgIpc) is 2.35. The van der Waals surface area contributed by atoms with Gasteiger partial charge in [-0.05, 0) is 24.1 Å². The summed E-state index contributed by atoms with van der Waals surface area (Å²) in [4.78, 5) is 0. The highest BCUT2D eigenvalue weighted by atomic mass is 35.5. The van der Waals surface area contributed by atoms with Crippen LogP contribution < -0.4 is 15.2 Å². The molecule has 2 N–H and O–H groups in total. The lowest BCUT2D eigenvalue weighted by atomic mass is 10.2. The number of methoxy groups -OCH3 is 1. The molecule has 0 bridgehead atoms. The van der Waals surface area contributed by atoms with E-state index in [-0.39, 0.29) is 0 Å². The monoisotopic (exact) mass is 254 g/mol. The van der Waals surface area contributed by atoms with Crippen LogP contribution in [-0.4, -0.2) is 13.7 Å². The first-order chi connectivity index (χ1) is 8.22. The molecule has 0 radical (unpaired) electrons. The topological polar surface area (TPSA) is 68.3 Å². The van der Waals surface area contributed by atoms with Gasteiger partial charge in [-0.3, -0.25) is 0 Å². The lowest BCUT2D eigenvalue weighted by Crippen LogP contribution is -2.02. The number of benzene rings is 1. The number of unbranched alkanes of at least 4 members (excludes halogenated alkanes) is 1. The third-order valence-electron chi connectivity index (χ3n) is 2.20. The Labute approximate surface area is 106 Å². The van der Waals surface area contributed by atoms with Crippen LogP contribution in [0.25, 0.3) is 0 Å². The van der Waals surface area contributed by atoms with Crippen molar-refractivity contribution in [1.82, 2.24) is 0 Å². The Morgan fingerprint density at radius 3 is 2.82 bits per heavy atom. The number of hydrogen-bond donors (Lipinski definition) is 1. The van der Waals surface area contributed by atoms with Crippen molar-refractivity contribution >= 4 is 11.6 Å². The number of rotatable bonds is 6. The van der Waals surface area contributed by atoms with Crippen LogP contribution in [-0.2, 0) is 6.54 Å². The van der Waals surface area contributed by atoms with Crippen molar-refractivity contribution in [1.29, 1.82) is 5.26 Å². The van der Waals surface area contributed by atoms with Gasteiger partial charge in [0.2, 0.25) is 0 Å². The largest absolute Gasteiger partial charge is 0.493 e. The number of halogens is 1. The first kappa shape index (κ1) is 13.6. The van der Waals surface area contributed by atoms with Gasteiger partial charge >= 0.3 is 0 Å². The molecule has 0 unspecified atom stereocenters. The normalized spacial score (nSPS) is 9.76. The summed E-state index contributed by atoms with van der Waals surface area (Å²) in [6.45, 7) is 0.830. The molecule has 0 aliphatic heterocycles. The van der Waals surface area contributed by atoms with Crippen molar-refractivity contribution in [2.24, 2.45) is 5.73 Å². The molecule has 0 saturated heterocycles. The fourth-order valence-corrected chi connectivity index (χ4v) is 1.64. The van der Waals surface area contributed by atoms with Gasteiger partial charge in [-0.15, -0.1) is 0 Å². The van der Waals surface area contributed by atoms with E-state index in [4.69, 9.17) is 32.1 Å². The molecular formula is C12H15ClN2O2. The molecule has 0 heterocycles. The zero-order valence-electron chi connectivity index (χ0n) is 9.70. The predicted molar refractivity (Wildman–Crippen MR) is 66.2 cm³/mol. The van der Waals surface area contributed by atoms with Gasteiger partial charge < -0.3 is 15.2 Å². The number of hydrogen-bond acceptors (Lipinski definition) is 4. The van der Waals surface area contributed by atoms with Crippen LogP contribution in [0, 0.1) is 11.3 Å². The Kier molecular flexibility index (Phi) is 5.61. The third-order valence-corrected chi connectivity index (χ3v) is 2.49. The third kappa shape index (κ3) is 3.81. The number of nitriles is 1. The van der Waals surface area contributed by atoms with Gasteiger partial charge in [-0.25, -0.2) is 0 Å². The van der Waals surface area contributed by atoms with E-state index in [2.05, 4.69) is 6.07 Å². The van der Waals surface area contributed by atoms with Crippen molar-refractivity contribution < 1.29 is 9.47 Å². The zero-order chi connectivity index (χ0) is 12.7. The van der Waals surface area contributed by atoms with Gasteiger partial charge in [0.1, 0.15) is 0 Å². The van der Waals surface area contributed by atoms with Crippen molar-refractivity contribution in [3.8, 4) is 17.6 Å². The smallest absolute Gasteiger partial charge is 0.179 e. The number of nitrogens with zero attached hydrogens (tertiary/aromatic N) is 1. The standard InChI is InChI=1S/C12H15ClN2O2/c1-16-11-7-9(8-15)6-10(13)12(11)17-5-3-2-4-14/h6-7H,2-3,5,8,15H2,1H3. The predicted octanol–water partition coefficient (Wildman–Crippen LogP) is 2.49. The summed E-state index contributed by atoms with van der Waals surface area (Å²) in [6, 6.07) is 5.61. The molecule has 1 rings (SSSR count). The molecule has 0 aromatic heterocycles. The summed E-state index contributed by atoms with van der Waals surface area (Å²) < 4.78 is 10.7. The van der Waals surface area contributed by atoms with Crippen LogP contribution in [0.5, 0.6) is 11.5 Å². The highest BCUT2D eigenvalue weighted by Crippen LogP contribution is 2.36. The molecule has 92 valence electrons. The van der Waals surface area contributed by atoms with E-state index in [1.165, 1.54) is 0 Å². The molecule has 0 atom stereocenters. The molecule has 4 nitrogen and oxygen atoms in total. The van der Waals surface area contributed by atoms with Crippen molar-refractivity contribution in [2.75, 3.05) is 13.7 Å². The quantitative estimate of drug-likeness (QED) is 0.792. The van der Waals surface area contributed by atoms with Crippen molar-refractivity contribution in [2.45, 2.75) is 19.4 Å². The van der Waals surface area contributed by atoms with Crippen molar-refractivity contribution in [3.63, 3.8) is 0 Å². The summed E-state index contributed by atoms with van der Waals surface area (Å²) in [5.41, 5.74) is 6.43. The minimum atomic E-state index is 0.394. The molecule has 0 spiro atoms. The molecule has 0 amide bonds. The van der Waals surface area contributed by atoms with Crippen LogP contribution in [0.15, 0.2) is 12.1 Å². The first-order valence-electron chi connectivity index (χ1n) is 5.29. The van der Waals surface area contributed by atoms with Gasteiger partial charge in [-0.2, -0.15) is 5.26 Å². The van der Waals surface area contributed by atoms with E-state index in [0.717, 1.165) is 5.56 Å². The molecule has 17 heavy (non-hydrogen) atoms. The molecular weight excluding hydrogens is 240 g/mol. The maximum Gasteiger partial charge on any atom is 0.179 e. The fourth-order valence-electron chi connectivity index (χ4n) is 1.36. The van der Waals surface area contributed by atoms with Gasteiger partial charge in [0.25, 0.3) is 0 Å². The van der Waals surface area contributed by atoms with Gasteiger partial charge in [-0.1, -0.05) is 11.6 Å². The molecule has 1 aromatic carbocycles. The highest BCUT2D eigenvalue weighted by molar-refractivity contribution is 6.32. The molecule has 1 aromatic rings. The SMILES string of the molecule is COc1cc(CN)cc(Cl)c1OCCCC#N. The summed E-state index contributed by atoms with van der Waals surface area (Å²) in [6.07, 6.45) is 1.12. The Balaban J connectivity index is 2.79. The average molecular weight is 255 g/mol. The number of ether oxygens (including phenoxy) is 2. The van der Waals surface area contributed by atoms with Gasteiger partial charge in [0, 0.05) is 13.0 Å². The minimum absolute atomic E-state index is 0.394. The van der Waals surface area contributed by atoms with E-state index in [9.17, 15) is 0 Å². The van der Waals surface area contributed by atoms with Crippen LogP contribution in [0.3, 0.4) is 0 Å². The van der Waals surface area contributed by atoms with E-state index in [0.29, 0.717) is 42.5 Å². The van der Waals surface area contributed by atoms with E-state index >= 15 is 0 Å². The van der Waals surface area contributed by atoms with E-state index < -0.39 is 0 Å². The van der Waals surface area contributed by atoms with Crippen LogP contribution >= 0.6 is 11.6 Å². The maximum absolute atomic E-state index is 8.42. The summed E-state index contributed by atoms with van der Waals surface area (Å²) >= 11 is 6.08. The maximum atomic E-state index is 8.42. The molecule has 0 aliphatic carbocycles. The molecule has 5 heteroatoms. The molecule has 0 aliphatic rings. The Hall–Kier alpha value is -1.44. The second kappa shape index (κ2) is 7.00. The van der Waals surface area contributed by atoms with E-state index in [1.807, 2.05) is 0 Å². The van der Waals surface area contributed by atoms with Crippen LogP contribution in [0.1, 0.15) is 18.4 Å². The fraction of sp³-hybridized carbons (Fsp3) is 0.417. The van der Waals surface area contributed by atoms with E-state index in [1.54, 1.807) is 19.2 Å². The molecule has 0 saturated carbocycles. The highest BCUT2D eigenvalue weighted by Gasteiger charge is 2.11. The summed E-state index contributed by atoms with van der Waals surface area (Å²) in [5.74, 6) is 1.07. The van der Waals surface area contributed by atoms with Gasteiger partial charge in [0.15, 0.2) is 11.5 Å². The second-order valence-corrected chi connectivity index (χ2v) is 3.83. The van der Waals surface area contributed by atoms with Crippen molar-refractivity contribution in [3.05, 3.63) is 22.7 Å². The Bertz CT molecular complexity index is 416.